The molecule has 28 heavy (non-hydrogen) atoms. The van der Waals surface area contributed by atoms with E-state index in [0.29, 0.717) is 43.1 Å². The van der Waals surface area contributed by atoms with Crippen molar-refractivity contribution in [3.63, 3.8) is 0 Å². The second-order valence-electron chi connectivity index (χ2n) is 6.50. The van der Waals surface area contributed by atoms with Gasteiger partial charge >= 0.3 is 6.03 Å². The minimum Gasteiger partial charge on any atom is -0.476 e. The zero-order valence-electron chi connectivity index (χ0n) is 15.7. The van der Waals surface area contributed by atoms with E-state index in [1.54, 1.807) is 6.07 Å². The third kappa shape index (κ3) is 4.58. The summed E-state index contributed by atoms with van der Waals surface area (Å²) in [4.78, 5) is 16.9. The highest BCUT2D eigenvalue weighted by Crippen LogP contribution is 2.29. The van der Waals surface area contributed by atoms with Gasteiger partial charge in [0, 0.05) is 18.3 Å². The number of nitrogens with one attached hydrogen (secondary N) is 4. The maximum atomic E-state index is 12.6. The Morgan fingerprint density at radius 3 is 2.89 bits per heavy atom. The summed E-state index contributed by atoms with van der Waals surface area (Å²) in [6, 6.07) is 9.92. The molecule has 8 nitrogen and oxygen atoms in total. The van der Waals surface area contributed by atoms with Crippen molar-refractivity contribution in [2.24, 2.45) is 0 Å². The van der Waals surface area contributed by atoms with Crippen LogP contribution in [0.4, 0.5) is 16.3 Å². The number of hydrogen-bond donors (Lipinski definition) is 5. The number of urea groups is 1. The van der Waals surface area contributed by atoms with Gasteiger partial charge in [0.15, 0.2) is 0 Å². The van der Waals surface area contributed by atoms with Gasteiger partial charge in [0.25, 0.3) is 0 Å². The zero-order chi connectivity index (χ0) is 19.9. The van der Waals surface area contributed by atoms with E-state index in [1.807, 2.05) is 37.3 Å². The number of carbonyl (C=O) groups excluding carboxylic acids is 1. The monoisotopic (exact) mass is 383 g/mol. The highest BCUT2D eigenvalue weighted by Gasteiger charge is 2.24. The standard InChI is InChI=1S/C20H25N5O3/c1-2-22-18-14(12-21)11-16-23-19(18)28-10-6-9-15(26)17(25-20(27)24-16)13-7-4-3-5-8-13/h3-5,7-8,11-12,15,17,21-22,26H,2,6,9-10H2,1H3,(H2,23,24,25,27)/t15-,17-/m0/s1. The second kappa shape index (κ2) is 9.18. The van der Waals surface area contributed by atoms with Crippen molar-refractivity contribution in [3.05, 3.63) is 47.5 Å². The van der Waals surface area contributed by atoms with E-state index in [9.17, 15) is 9.90 Å². The van der Waals surface area contributed by atoms with Gasteiger partial charge in [-0.2, -0.15) is 4.98 Å². The first-order chi connectivity index (χ1) is 13.6. The van der Waals surface area contributed by atoms with Crippen LogP contribution in [-0.2, 0) is 0 Å². The average molecular weight is 383 g/mol. The lowest BCUT2D eigenvalue weighted by Crippen LogP contribution is -2.39. The van der Waals surface area contributed by atoms with Crippen LogP contribution in [0.1, 0.15) is 36.9 Å². The molecule has 0 radical (unpaired) electrons. The number of aliphatic hydroxyl groups is 1. The van der Waals surface area contributed by atoms with Gasteiger partial charge in [0.05, 0.1) is 18.8 Å². The maximum absolute atomic E-state index is 12.6. The number of hydrogen-bond acceptors (Lipinski definition) is 6. The van der Waals surface area contributed by atoms with E-state index in [0.717, 1.165) is 5.56 Å². The molecule has 8 heteroatoms. The molecule has 1 aliphatic rings. The van der Waals surface area contributed by atoms with Crippen molar-refractivity contribution >= 4 is 23.8 Å². The topological polar surface area (TPSA) is 119 Å². The number of fused-ring (bicyclic) bond motifs is 2. The smallest absolute Gasteiger partial charge is 0.320 e. The SMILES string of the molecule is CCNc1c(C=N)cc2nc1OCCC[C@H](O)[C@H](c1ccccc1)NC(=O)N2. The lowest BCUT2D eigenvalue weighted by molar-refractivity contribution is 0.113. The van der Waals surface area contributed by atoms with Gasteiger partial charge in [-0.3, -0.25) is 5.32 Å². The molecule has 0 saturated carbocycles. The Morgan fingerprint density at radius 1 is 1.39 bits per heavy atom. The van der Waals surface area contributed by atoms with E-state index in [4.69, 9.17) is 10.1 Å². The first-order valence-electron chi connectivity index (χ1n) is 9.35. The van der Waals surface area contributed by atoms with Crippen molar-refractivity contribution < 1.29 is 14.6 Å². The average Bonchev–Trinajstić information content (AvgIpc) is 2.70. The lowest BCUT2D eigenvalue weighted by Gasteiger charge is -2.26. The van der Waals surface area contributed by atoms with Crippen molar-refractivity contribution in [3.8, 4) is 5.88 Å². The fourth-order valence-electron chi connectivity index (χ4n) is 3.16. The minimum absolute atomic E-state index is 0.273. The number of nitrogens with zero attached hydrogens (tertiary/aromatic N) is 1. The van der Waals surface area contributed by atoms with Crippen molar-refractivity contribution in [2.75, 3.05) is 23.8 Å². The van der Waals surface area contributed by atoms with Crippen LogP contribution in [0.15, 0.2) is 36.4 Å². The summed E-state index contributed by atoms with van der Waals surface area (Å²) < 4.78 is 5.81. The van der Waals surface area contributed by atoms with Crippen LogP contribution in [0.3, 0.4) is 0 Å². The fourth-order valence-corrected chi connectivity index (χ4v) is 3.16. The molecule has 148 valence electrons. The number of anilines is 2. The van der Waals surface area contributed by atoms with Crippen LogP contribution in [0, 0.1) is 5.41 Å². The molecule has 0 spiro atoms. The summed E-state index contributed by atoms with van der Waals surface area (Å²) in [7, 11) is 0. The van der Waals surface area contributed by atoms with Gasteiger partial charge in [-0.25, -0.2) is 4.79 Å². The summed E-state index contributed by atoms with van der Waals surface area (Å²) in [5, 5.41) is 27.0. The number of aromatic nitrogens is 1. The van der Waals surface area contributed by atoms with E-state index < -0.39 is 18.2 Å². The first-order valence-corrected chi connectivity index (χ1v) is 9.35. The third-order valence-electron chi connectivity index (χ3n) is 4.48. The molecule has 1 aromatic carbocycles. The summed E-state index contributed by atoms with van der Waals surface area (Å²) in [5.41, 5.74) is 2.00. The second-order valence-corrected chi connectivity index (χ2v) is 6.50. The summed E-state index contributed by atoms with van der Waals surface area (Å²) in [6.07, 6.45) is 1.48. The molecule has 0 saturated heterocycles. The molecular formula is C20H25N5O3. The number of pyridine rings is 1. The minimum atomic E-state index is -0.757. The molecule has 2 atom stereocenters. The fraction of sp³-hybridized carbons (Fsp3) is 0.350. The predicted molar refractivity (Wildman–Crippen MR) is 108 cm³/mol. The molecule has 2 aromatic rings. The van der Waals surface area contributed by atoms with Gasteiger partial charge in [-0.05, 0) is 31.4 Å². The summed E-state index contributed by atoms with van der Waals surface area (Å²) in [5.74, 6) is 0.599. The van der Waals surface area contributed by atoms with E-state index in [-0.39, 0.29) is 5.82 Å². The predicted octanol–water partition coefficient (Wildman–Crippen LogP) is 2.91. The molecule has 0 fully saturated rings. The highest BCUT2D eigenvalue weighted by atomic mass is 16.5. The third-order valence-corrected chi connectivity index (χ3v) is 4.48. The normalized spacial score (nSPS) is 19.9. The first kappa shape index (κ1) is 19.6. The summed E-state index contributed by atoms with van der Waals surface area (Å²) in [6.45, 7) is 2.94. The van der Waals surface area contributed by atoms with Crippen LogP contribution in [0.2, 0.25) is 0 Å². The van der Waals surface area contributed by atoms with Gasteiger partial charge in [0.2, 0.25) is 5.88 Å². The maximum Gasteiger partial charge on any atom is 0.320 e. The number of carbonyl (C=O) groups is 1. The highest BCUT2D eigenvalue weighted by molar-refractivity contribution is 5.93. The van der Waals surface area contributed by atoms with Gasteiger partial charge in [-0.1, -0.05) is 30.3 Å². The van der Waals surface area contributed by atoms with E-state index in [2.05, 4.69) is 20.9 Å². The Kier molecular flexibility index (Phi) is 6.44. The van der Waals surface area contributed by atoms with Crippen molar-refractivity contribution in [1.82, 2.24) is 10.3 Å². The quantitative estimate of drug-likeness (QED) is 0.520. The van der Waals surface area contributed by atoms with Crippen molar-refractivity contribution in [1.29, 1.82) is 5.41 Å². The molecule has 3 rings (SSSR count). The van der Waals surface area contributed by atoms with E-state index >= 15 is 0 Å². The Labute approximate surface area is 163 Å². The molecule has 1 aromatic heterocycles. The van der Waals surface area contributed by atoms with Gasteiger partial charge < -0.3 is 25.9 Å². The largest absolute Gasteiger partial charge is 0.476 e. The summed E-state index contributed by atoms with van der Waals surface area (Å²) >= 11 is 0. The molecule has 0 unspecified atom stereocenters. The number of aliphatic hydroxyl groups excluding tert-OH is 1. The van der Waals surface area contributed by atoms with Crippen LogP contribution in [-0.4, -0.2) is 41.6 Å². The molecule has 2 heterocycles. The number of rotatable bonds is 4. The van der Waals surface area contributed by atoms with Crippen molar-refractivity contribution in [2.45, 2.75) is 31.9 Å². The molecular weight excluding hydrogens is 358 g/mol. The van der Waals surface area contributed by atoms with Gasteiger partial charge in [0.1, 0.15) is 11.5 Å². The molecule has 5 N–H and O–H groups in total. The number of ether oxygens (including phenoxy) is 1. The van der Waals surface area contributed by atoms with Gasteiger partial charge in [-0.15, -0.1) is 0 Å². The molecule has 2 bridgehead atoms. The molecule has 2 amide bonds. The Hall–Kier alpha value is -3.13. The number of benzene rings is 1. The Bertz CT molecular complexity index is 828. The molecule has 1 aliphatic heterocycles. The molecule has 0 aliphatic carbocycles. The Morgan fingerprint density at radius 2 is 2.18 bits per heavy atom. The van der Waals surface area contributed by atoms with E-state index in [1.165, 1.54) is 6.21 Å². The Balaban J connectivity index is 1.92. The van der Waals surface area contributed by atoms with Crippen LogP contribution in [0.5, 0.6) is 5.88 Å². The lowest BCUT2D eigenvalue weighted by atomic mass is 9.98. The van der Waals surface area contributed by atoms with Crippen LogP contribution in [0.25, 0.3) is 0 Å². The van der Waals surface area contributed by atoms with Crippen LogP contribution >= 0.6 is 0 Å². The van der Waals surface area contributed by atoms with Crippen LogP contribution < -0.4 is 20.7 Å². The number of amides is 2. The zero-order valence-corrected chi connectivity index (χ0v) is 15.7.